The van der Waals surface area contributed by atoms with Crippen molar-refractivity contribution in [1.29, 1.82) is 0 Å². The highest BCUT2D eigenvalue weighted by Gasteiger charge is 2.22. The number of nitrogens with zero attached hydrogens (tertiary/aromatic N) is 2. The van der Waals surface area contributed by atoms with Gasteiger partial charge in [0.1, 0.15) is 22.9 Å². The first-order chi connectivity index (χ1) is 13.7. The first kappa shape index (κ1) is 20.9. The number of anilines is 1. The summed E-state index contributed by atoms with van der Waals surface area (Å²) in [4.78, 5) is 17.7. The van der Waals surface area contributed by atoms with Crippen LogP contribution in [0.15, 0.2) is 42.6 Å². The maximum Gasteiger partial charge on any atom is 0.225 e. The Labute approximate surface area is 173 Å². The van der Waals surface area contributed by atoms with Crippen molar-refractivity contribution in [3.8, 4) is 17.0 Å². The van der Waals surface area contributed by atoms with Gasteiger partial charge in [0.05, 0.1) is 7.11 Å². The van der Waals surface area contributed by atoms with Crippen molar-refractivity contribution >= 4 is 17.4 Å². The molecule has 1 atom stereocenters. The van der Waals surface area contributed by atoms with Crippen molar-refractivity contribution < 1.29 is 9.53 Å². The minimum Gasteiger partial charge on any atom is -0.496 e. The van der Waals surface area contributed by atoms with Crippen LogP contribution in [0.3, 0.4) is 0 Å². The van der Waals surface area contributed by atoms with Crippen LogP contribution in [0.1, 0.15) is 46.1 Å². The van der Waals surface area contributed by atoms with Crippen LogP contribution in [0.4, 0.5) is 5.82 Å². The van der Waals surface area contributed by atoms with E-state index < -0.39 is 0 Å². The first-order valence-corrected chi connectivity index (χ1v) is 10.1. The van der Waals surface area contributed by atoms with Gasteiger partial charge in [-0.1, -0.05) is 39.8 Å². The molecule has 1 N–H and O–H groups in total. The Morgan fingerprint density at radius 3 is 2.66 bits per heavy atom. The normalized spacial score (nSPS) is 12.8. The summed E-state index contributed by atoms with van der Waals surface area (Å²) < 4.78 is 7.47. The Morgan fingerprint density at radius 1 is 1.24 bits per heavy atom. The molecule has 0 spiro atoms. The van der Waals surface area contributed by atoms with Gasteiger partial charge in [-0.3, -0.25) is 9.20 Å². The van der Waals surface area contributed by atoms with E-state index in [0.717, 1.165) is 28.9 Å². The summed E-state index contributed by atoms with van der Waals surface area (Å²) in [6.45, 7) is 10.8. The number of aryl methyl sites for hydroxylation is 1. The molecule has 5 heteroatoms. The molecule has 3 aromatic rings. The number of fused-ring (bicyclic) bond motifs is 1. The van der Waals surface area contributed by atoms with Gasteiger partial charge >= 0.3 is 0 Å². The van der Waals surface area contributed by atoms with Crippen LogP contribution in [0.25, 0.3) is 16.9 Å². The summed E-state index contributed by atoms with van der Waals surface area (Å²) >= 11 is 0. The number of amides is 1. The molecule has 29 heavy (non-hydrogen) atoms. The van der Waals surface area contributed by atoms with E-state index in [4.69, 9.17) is 9.72 Å². The van der Waals surface area contributed by atoms with Crippen molar-refractivity contribution in [3.05, 3.63) is 48.2 Å². The molecule has 0 unspecified atom stereocenters. The number of nitrogens with one attached hydrogen (secondary N) is 1. The monoisotopic (exact) mass is 393 g/mol. The Balaban J connectivity index is 1.98. The van der Waals surface area contributed by atoms with Gasteiger partial charge in [0.25, 0.3) is 0 Å². The number of ether oxygens (including phenoxy) is 1. The molecule has 1 amide bonds. The van der Waals surface area contributed by atoms with Gasteiger partial charge in [-0.05, 0) is 54.5 Å². The van der Waals surface area contributed by atoms with E-state index in [1.807, 2.05) is 53.9 Å². The van der Waals surface area contributed by atoms with Crippen LogP contribution in [-0.2, 0) is 4.79 Å². The predicted octanol–water partition coefficient (Wildman–Crippen LogP) is 5.72. The zero-order valence-corrected chi connectivity index (χ0v) is 18.2. The summed E-state index contributed by atoms with van der Waals surface area (Å²) in [7, 11) is 1.64. The summed E-state index contributed by atoms with van der Waals surface area (Å²) in [6, 6.07) is 11.8. The van der Waals surface area contributed by atoms with Gasteiger partial charge in [-0.2, -0.15) is 0 Å². The highest BCUT2D eigenvalue weighted by Crippen LogP contribution is 2.35. The van der Waals surface area contributed by atoms with Crippen LogP contribution >= 0.6 is 0 Å². The molecule has 0 aliphatic heterocycles. The molecular formula is C24H31N3O2. The molecule has 3 rings (SSSR count). The molecule has 154 valence electrons. The highest BCUT2D eigenvalue weighted by molar-refractivity contribution is 5.95. The summed E-state index contributed by atoms with van der Waals surface area (Å²) in [5, 5.41) is 3.13. The lowest BCUT2D eigenvalue weighted by atomic mass is 9.84. The van der Waals surface area contributed by atoms with Crippen LogP contribution in [-0.4, -0.2) is 22.4 Å². The third-order valence-electron chi connectivity index (χ3n) is 4.90. The number of para-hydroxylation sites is 1. The highest BCUT2D eigenvalue weighted by atomic mass is 16.5. The Hall–Kier alpha value is -2.82. The molecule has 0 saturated heterocycles. The van der Waals surface area contributed by atoms with Crippen LogP contribution < -0.4 is 10.1 Å². The molecule has 2 heterocycles. The number of methoxy groups -OCH3 is 1. The lowest BCUT2D eigenvalue weighted by Crippen LogP contribution is -2.19. The SMILES string of the molecule is COc1ccccc1-c1nc2cc(C)ccn2c1NC(=O)C[C@H](C)CC(C)(C)C. The minimum absolute atomic E-state index is 0.000253. The van der Waals surface area contributed by atoms with Crippen molar-refractivity contribution in [2.45, 2.75) is 47.5 Å². The zero-order chi connectivity index (χ0) is 21.2. The summed E-state index contributed by atoms with van der Waals surface area (Å²) in [5.74, 6) is 1.70. The maximum absolute atomic E-state index is 12.9. The largest absolute Gasteiger partial charge is 0.496 e. The number of aromatic nitrogens is 2. The van der Waals surface area contributed by atoms with Gasteiger partial charge < -0.3 is 10.1 Å². The molecule has 0 fully saturated rings. The Morgan fingerprint density at radius 2 is 1.97 bits per heavy atom. The molecule has 0 aliphatic carbocycles. The average molecular weight is 394 g/mol. The zero-order valence-electron chi connectivity index (χ0n) is 18.2. The van der Waals surface area contributed by atoms with Crippen LogP contribution in [0.5, 0.6) is 5.75 Å². The number of carbonyl (C=O) groups excluding carboxylic acids is 1. The second-order valence-corrected chi connectivity index (χ2v) is 9.06. The number of benzene rings is 1. The van der Waals surface area contributed by atoms with E-state index in [1.165, 1.54) is 0 Å². The maximum atomic E-state index is 12.9. The molecular weight excluding hydrogens is 362 g/mol. The quantitative estimate of drug-likeness (QED) is 0.583. The minimum atomic E-state index is 0.000253. The molecule has 0 radical (unpaired) electrons. The molecule has 0 bridgehead atoms. The van der Waals surface area contributed by atoms with Crippen LogP contribution in [0.2, 0.25) is 0 Å². The molecule has 0 aliphatic rings. The summed E-state index contributed by atoms with van der Waals surface area (Å²) in [6.07, 6.45) is 3.42. The molecule has 1 aromatic carbocycles. The number of pyridine rings is 1. The van der Waals surface area contributed by atoms with E-state index in [2.05, 4.69) is 33.0 Å². The van der Waals surface area contributed by atoms with Crippen molar-refractivity contribution in [2.75, 3.05) is 12.4 Å². The average Bonchev–Trinajstić information content (AvgIpc) is 2.97. The van der Waals surface area contributed by atoms with E-state index >= 15 is 0 Å². The smallest absolute Gasteiger partial charge is 0.225 e. The first-order valence-electron chi connectivity index (χ1n) is 10.1. The fourth-order valence-electron chi connectivity index (χ4n) is 3.91. The lowest BCUT2D eigenvalue weighted by molar-refractivity contribution is -0.117. The second-order valence-electron chi connectivity index (χ2n) is 9.06. The lowest BCUT2D eigenvalue weighted by Gasteiger charge is -2.22. The number of hydrogen-bond donors (Lipinski definition) is 1. The van der Waals surface area contributed by atoms with Gasteiger partial charge in [0.15, 0.2) is 0 Å². The van der Waals surface area contributed by atoms with Gasteiger partial charge in [-0.15, -0.1) is 0 Å². The Kier molecular flexibility index (Phi) is 5.96. The van der Waals surface area contributed by atoms with Crippen LogP contribution in [0, 0.1) is 18.3 Å². The topological polar surface area (TPSA) is 55.6 Å². The number of imidazole rings is 1. The van der Waals surface area contributed by atoms with Crippen molar-refractivity contribution in [3.63, 3.8) is 0 Å². The molecule has 0 saturated carbocycles. The van der Waals surface area contributed by atoms with E-state index in [0.29, 0.717) is 23.9 Å². The van der Waals surface area contributed by atoms with E-state index in [-0.39, 0.29) is 11.3 Å². The van der Waals surface area contributed by atoms with Crippen molar-refractivity contribution in [1.82, 2.24) is 9.38 Å². The number of hydrogen-bond acceptors (Lipinski definition) is 3. The number of rotatable bonds is 6. The van der Waals surface area contributed by atoms with E-state index in [9.17, 15) is 4.79 Å². The Bertz CT molecular complexity index is 1010. The third kappa shape index (κ3) is 4.97. The number of carbonyl (C=O) groups is 1. The van der Waals surface area contributed by atoms with E-state index in [1.54, 1.807) is 7.11 Å². The molecule has 5 nitrogen and oxygen atoms in total. The standard InChI is InChI=1S/C24H31N3O2/c1-16-11-12-27-20(13-16)25-22(18-9-7-8-10-19(18)29-6)23(27)26-21(28)14-17(2)15-24(3,4)5/h7-13,17H,14-15H2,1-6H3,(H,26,28)/t17-/m0/s1. The predicted molar refractivity (Wildman–Crippen MR) is 118 cm³/mol. The van der Waals surface area contributed by atoms with Gasteiger partial charge in [0.2, 0.25) is 5.91 Å². The summed E-state index contributed by atoms with van der Waals surface area (Å²) in [5.41, 5.74) is 3.68. The fraction of sp³-hybridized carbons (Fsp3) is 0.417. The molecule has 2 aromatic heterocycles. The third-order valence-corrected chi connectivity index (χ3v) is 4.90. The van der Waals surface area contributed by atoms with Gasteiger partial charge in [-0.25, -0.2) is 4.98 Å². The fourth-order valence-corrected chi connectivity index (χ4v) is 3.91. The second kappa shape index (κ2) is 8.27. The van der Waals surface area contributed by atoms with Crippen molar-refractivity contribution in [2.24, 2.45) is 11.3 Å². The van der Waals surface area contributed by atoms with Gasteiger partial charge in [0, 0.05) is 18.2 Å².